The second-order valence-electron chi connectivity index (χ2n) is 4.61. The lowest BCUT2D eigenvalue weighted by atomic mass is 9.83. The molecule has 2 atom stereocenters. The SMILES string of the molecule is Cc1ccnc(N)c1C1(O)CCCC1C. The third-order valence-corrected chi connectivity index (χ3v) is 3.63. The molecule has 82 valence electrons. The van der Waals surface area contributed by atoms with Crippen LogP contribution >= 0.6 is 0 Å². The summed E-state index contributed by atoms with van der Waals surface area (Å²) in [6.07, 6.45) is 4.61. The van der Waals surface area contributed by atoms with Gasteiger partial charge >= 0.3 is 0 Å². The number of nitrogen functional groups attached to an aromatic ring is 1. The highest BCUT2D eigenvalue weighted by Gasteiger charge is 2.42. The Kier molecular flexibility index (Phi) is 2.43. The van der Waals surface area contributed by atoms with Crippen molar-refractivity contribution in [2.45, 2.75) is 38.7 Å². The van der Waals surface area contributed by atoms with Gasteiger partial charge in [0, 0.05) is 11.8 Å². The molecule has 0 aromatic carbocycles. The van der Waals surface area contributed by atoms with Crippen molar-refractivity contribution in [3.63, 3.8) is 0 Å². The number of nitrogens with two attached hydrogens (primary N) is 1. The number of pyridine rings is 1. The number of rotatable bonds is 1. The van der Waals surface area contributed by atoms with E-state index in [9.17, 15) is 5.11 Å². The van der Waals surface area contributed by atoms with E-state index in [0.717, 1.165) is 30.4 Å². The molecule has 3 nitrogen and oxygen atoms in total. The number of aryl methyl sites for hydroxylation is 1. The average Bonchev–Trinajstić information content (AvgIpc) is 2.47. The summed E-state index contributed by atoms with van der Waals surface area (Å²) in [5.74, 6) is 0.744. The zero-order valence-corrected chi connectivity index (χ0v) is 9.33. The molecule has 3 heteroatoms. The number of hydrogen-bond acceptors (Lipinski definition) is 3. The topological polar surface area (TPSA) is 59.1 Å². The summed E-state index contributed by atoms with van der Waals surface area (Å²) in [5, 5.41) is 10.7. The van der Waals surface area contributed by atoms with Gasteiger partial charge in [0.05, 0.1) is 5.60 Å². The maximum absolute atomic E-state index is 10.7. The second kappa shape index (κ2) is 3.49. The fourth-order valence-corrected chi connectivity index (χ4v) is 2.68. The molecule has 0 aliphatic heterocycles. The predicted molar refractivity (Wildman–Crippen MR) is 60.3 cm³/mol. The third kappa shape index (κ3) is 1.51. The lowest BCUT2D eigenvalue weighted by Crippen LogP contribution is -2.30. The first kappa shape index (κ1) is 10.4. The highest BCUT2D eigenvalue weighted by molar-refractivity contribution is 5.48. The van der Waals surface area contributed by atoms with Crippen molar-refractivity contribution in [2.75, 3.05) is 5.73 Å². The van der Waals surface area contributed by atoms with Crippen LogP contribution < -0.4 is 5.73 Å². The summed E-state index contributed by atoms with van der Waals surface area (Å²) in [6.45, 7) is 4.06. The quantitative estimate of drug-likeness (QED) is 0.738. The van der Waals surface area contributed by atoms with Crippen LogP contribution in [0, 0.1) is 12.8 Å². The van der Waals surface area contributed by atoms with Crippen LogP contribution in [0.1, 0.15) is 37.3 Å². The van der Waals surface area contributed by atoms with Crippen LogP contribution in [0.2, 0.25) is 0 Å². The number of aromatic nitrogens is 1. The van der Waals surface area contributed by atoms with Crippen molar-refractivity contribution in [3.05, 3.63) is 23.4 Å². The van der Waals surface area contributed by atoms with Crippen molar-refractivity contribution in [1.29, 1.82) is 0 Å². The van der Waals surface area contributed by atoms with Crippen LogP contribution in [0.15, 0.2) is 12.3 Å². The fraction of sp³-hybridized carbons (Fsp3) is 0.583. The first-order chi connectivity index (χ1) is 7.05. The Bertz CT molecular complexity index is 358. The van der Waals surface area contributed by atoms with Crippen molar-refractivity contribution in [2.24, 2.45) is 5.92 Å². The van der Waals surface area contributed by atoms with Gasteiger partial charge in [-0.25, -0.2) is 4.98 Å². The number of hydrogen-bond donors (Lipinski definition) is 2. The molecule has 3 N–H and O–H groups in total. The highest BCUT2D eigenvalue weighted by Crippen LogP contribution is 2.45. The Morgan fingerprint density at radius 3 is 2.87 bits per heavy atom. The van der Waals surface area contributed by atoms with Gasteiger partial charge in [-0.1, -0.05) is 6.92 Å². The summed E-state index contributed by atoms with van der Waals surface area (Å²) in [7, 11) is 0. The van der Waals surface area contributed by atoms with E-state index in [1.807, 2.05) is 13.0 Å². The Balaban J connectivity index is 2.53. The zero-order chi connectivity index (χ0) is 11.1. The molecule has 1 heterocycles. The van der Waals surface area contributed by atoms with Crippen molar-refractivity contribution in [1.82, 2.24) is 4.98 Å². The molecular weight excluding hydrogens is 188 g/mol. The van der Waals surface area contributed by atoms with Crippen molar-refractivity contribution >= 4 is 5.82 Å². The van der Waals surface area contributed by atoms with E-state index in [0.29, 0.717) is 5.82 Å². The minimum Gasteiger partial charge on any atom is -0.385 e. The van der Waals surface area contributed by atoms with Gasteiger partial charge in [0.25, 0.3) is 0 Å². The van der Waals surface area contributed by atoms with Crippen LogP contribution in [0.25, 0.3) is 0 Å². The van der Waals surface area contributed by atoms with Gasteiger partial charge in [-0.3, -0.25) is 0 Å². The molecule has 1 aromatic rings. The maximum atomic E-state index is 10.7. The minimum atomic E-state index is -0.761. The van der Waals surface area contributed by atoms with Gasteiger partial charge in [0.1, 0.15) is 5.82 Å². The monoisotopic (exact) mass is 206 g/mol. The van der Waals surface area contributed by atoms with Crippen molar-refractivity contribution < 1.29 is 5.11 Å². The lowest BCUT2D eigenvalue weighted by Gasteiger charge is -2.30. The smallest absolute Gasteiger partial charge is 0.129 e. The van der Waals surface area contributed by atoms with Crippen LogP contribution in [-0.2, 0) is 5.60 Å². The maximum Gasteiger partial charge on any atom is 0.129 e. The Morgan fingerprint density at radius 2 is 2.33 bits per heavy atom. The molecule has 1 saturated carbocycles. The van der Waals surface area contributed by atoms with Gasteiger partial charge in [0.15, 0.2) is 0 Å². The van der Waals surface area contributed by atoms with Crippen LogP contribution in [-0.4, -0.2) is 10.1 Å². The zero-order valence-electron chi connectivity index (χ0n) is 9.33. The molecule has 0 bridgehead atoms. The summed E-state index contributed by atoms with van der Waals surface area (Å²) in [5.41, 5.74) is 7.00. The van der Waals surface area contributed by atoms with Crippen molar-refractivity contribution in [3.8, 4) is 0 Å². The van der Waals surface area contributed by atoms with Gasteiger partial charge in [-0.05, 0) is 43.7 Å². The number of aliphatic hydroxyl groups is 1. The first-order valence-corrected chi connectivity index (χ1v) is 5.49. The van der Waals surface area contributed by atoms with Gasteiger partial charge in [-0.15, -0.1) is 0 Å². The fourth-order valence-electron chi connectivity index (χ4n) is 2.68. The Morgan fingerprint density at radius 1 is 1.60 bits per heavy atom. The number of nitrogens with zero attached hydrogens (tertiary/aromatic N) is 1. The molecule has 15 heavy (non-hydrogen) atoms. The van der Waals surface area contributed by atoms with Crippen LogP contribution in [0.4, 0.5) is 5.82 Å². The molecule has 2 rings (SSSR count). The normalized spacial score (nSPS) is 30.7. The molecule has 0 spiro atoms. The van der Waals surface area contributed by atoms with E-state index in [4.69, 9.17) is 5.73 Å². The van der Waals surface area contributed by atoms with E-state index in [1.54, 1.807) is 6.20 Å². The summed E-state index contributed by atoms with van der Waals surface area (Å²) in [6, 6.07) is 1.91. The van der Waals surface area contributed by atoms with Gasteiger partial charge in [-0.2, -0.15) is 0 Å². The van der Waals surface area contributed by atoms with Gasteiger partial charge < -0.3 is 10.8 Å². The molecule has 0 amide bonds. The van der Waals surface area contributed by atoms with Crippen LogP contribution in [0.5, 0.6) is 0 Å². The Hall–Kier alpha value is -1.09. The van der Waals surface area contributed by atoms with E-state index in [2.05, 4.69) is 11.9 Å². The van der Waals surface area contributed by atoms with E-state index in [1.165, 1.54) is 0 Å². The largest absolute Gasteiger partial charge is 0.385 e. The second-order valence-corrected chi connectivity index (χ2v) is 4.61. The minimum absolute atomic E-state index is 0.266. The van der Waals surface area contributed by atoms with Gasteiger partial charge in [0.2, 0.25) is 0 Å². The van der Waals surface area contributed by atoms with E-state index in [-0.39, 0.29) is 5.92 Å². The third-order valence-electron chi connectivity index (χ3n) is 3.63. The van der Waals surface area contributed by atoms with E-state index < -0.39 is 5.60 Å². The summed E-state index contributed by atoms with van der Waals surface area (Å²) < 4.78 is 0. The number of anilines is 1. The molecule has 1 aromatic heterocycles. The molecule has 1 aliphatic rings. The average molecular weight is 206 g/mol. The molecular formula is C12H18N2O. The molecule has 1 fully saturated rings. The summed E-state index contributed by atoms with van der Waals surface area (Å²) >= 11 is 0. The molecule has 1 aliphatic carbocycles. The summed E-state index contributed by atoms with van der Waals surface area (Å²) in [4.78, 5) is 4.08. The van der Waals surface area contributed by atoms with E-state index >= 15 is 0 Å². The predicted octanol–water partition coefficient (Wildman–Crippen LogP) is 1.98. The first-order valence-electron chi connectivity index (χ1n) is 5.49. The molecule has 0 saturated heterocycles. The standard InChI is InChI=1S/C12H18N2O/c1-8-5-7-14-11(13)10(8)12(15)6-3-4-9(12)2/h5,7,9,15H,3-4,6H2,1-2H3,(H2,13,14). The lowest BCUT2D eigenvalue weighted by molar-refractivity contribution is 0.00440. The Labute approximate surface area is 90.3 Å². The molecule has 0 radical (unpaired) electrons. The van der Waals surface area contributed by atoms with Crippen LogP contribution in [0.3, 0.4) is 0 Å². The highest BCUT2D eigenvalue weighted by atomic mass is 16.3. The molecule has 2 unspecified atom stereocenters.